The van der Waals surface area contributed by atoms with Crippen molar-refractivity contribution in [3.05, 3.63) is 65.4 Å². The van der Waals surface area contributed by atoms with Gasteiger partial charge in [-0.3, -0.25) is 4.79 Å². The van der Waals surface area contributed by atoms with Gasteiger partial charge >= 0.3 is 0 Å². The first-order valence-electron chi connectivity index (χ1n) is 7.80. The van der Waals surface area contributed by atoms with Crippen molar-refractivity contribution >= 4 is 16.9 Å². The molecule has 2 aromatic carbocycles. The molecule has 3 rings (SSSR count). The van der Waals surface area contributed by atoms with Crippen LogP contribution in [-0.2, 0) is 17.6 Å². The van der Waals surface area contributed by atoms with Crippen molar-refractivity contribution in [3.8, 4) is 0 Å². The summed E-state index contributed by atoms with van der Waals surface area (Å²) in [6.45, 7) is 4.11. The number of hydrogen-bond donors (Lipinski definition) is 1. The second-order valence-electron chi connectivity index (χ2n) is 5.90. The molecule has 0 fully saturated rings. The Labute approximate surface area is 135 Å². The molecule has 4 heteroatoms. The number of aryl methyl sites for hydroxylation is 1. The van der Waals surface area contributed by atoms with Crippen LogP contribution >= 0.6 is 0 Å². The van der Waals surface area contributed by atoms with Crippen LogP contribution in [0.1, 0.15) is 23.7 Å². The van der Waals surface area contributed by atoms with Crippen LogP contribution in [0.4, 0.5) is 0 Å². The fraction of sp³-hybridized carbons (Fsp3) is 0.263. The van der Waals surface area contributed by atoms with Crippen LogP contribution in [0.5, 0.6) is 0 Å². The standard InChI is InChI=1S/C19H20N2O2/c1-13-7-3-4-8-15(13)11-14(2)20-19(22)12-17-16-9-5-6-10-18(16)23-21-17/h3-10,14H,11-12H2,1-2H3,(H,20,22)/t14-/m0/s1. The van der Waals surface area contributed by atoms with Gasteiger partial charge in [-0.2, -0.15) is 0 Å². The summed E-state index contributed by atoms with van der Waals surface area (Å²) in [4.78, 5) is 12.2. The summed E-state index contributed by atoms with van der Waals surface area (Å²) >= 11 is 0. The zero-order valence-electron chi connectivity index (χ0n) is 13.4. The first kappa shape index (κ1) is 15.3. The highest BCUT2D eigenvalue weighted by atomic mass is 16.5. The van der Waals surface area contributed by atoms with Crippen molar-refractivity contribution in [1.29, 1.82) is 0 Å². The Morgan fingerprint density at radius 2 is 1.91 bits per heavy atom. The summed E-state index contributed by atoms with van der Waals surface area (Å²) in [7, 11) is 0. The summed E-state index contributed by atoms with van der Waals surface area (Å²) in [6, 6.07) is 15.9. The first-order chi connectivity index (χ1) is 11.1. The number of benzene rings is 2. The molecule has 118 valence electrons. The van der Waals surface area contributed by atoms with E-state index in [1.54, 1.807) is 0 Å². The minimum Gasteiger partial charge on any atom is -0.356 e. The summed E-state index contributed by atoms with van der Waals surface area (Å²) in [5, 5.41) is 7.94. The summed E-state index contributed by atoms with van der Waals surface area (Å²) in [6.07, 6.45) is 1.05. The normalized spacial score (nSPS) is 12.3. The Bertz CT molecular complexity index is 823. The molecule has 23 heavy (non-hydrogen) atoms. The predicted molar refractivity (Wildman–Crippen MR) is 90.2 cm³/mol. The molecule has 0 aliphatic carbocycles. The van der Waals surface area contributed by atoms with Gasteiger partial charge in [-0.05, 0) is 43.5 Å². The fourth-order valence-electron chi connectivity index (χ4n) is 2.76. The topological polar surface area (TPSA) is 55.1 Å². The van der Waals surface area contributed by atoms with E-state index in [1.807, 2.05) is 43.3 Å². The van der Waals surface area contributed by atoms with Gasteiger partial charge in [0.25, 0.3) is 0 Å². The van der Waals surface area contributed by atoms with E-state index in [2.05, 4.69) is 29.5 Å². The highest BCUT2D eigenvalue weighted by molar-refractivity contribution is 5.86. The Hall–Kier alpha value is -2.62. The molecule has 1 amide bonds. The molecule has 1 heterocycles. The van der Waals surface area contributed by atoms with Crippen molar-refractivity contribution < 1.29 is 9.32 Å². The summed E-state index contributed by atoms with van der Waals surface area (Å²) < 4.78 is 5.24. The quantitative estimate of drug-likeness (QED) is 0.785. The third kappa shape index (κ3) is 3.59. The third-order valence-electron chi connectivity index (χ3n) is 3.97. The van der Waals surface area contributed by atoms with Gasteiger partial charge in [-0.1, -0.05) is 41.6 Å². The monoisotopic (exact) mass is 308 g/mol. The number of amides is 1. The van der Waals surface area contributed by atoms with Gasteiger partial charge in [-0.15, -0.1) is 0 Å². The number of hydrogen-bond acceptors (Lipinski definition) is 3. The van der Waals surface area contributed by atoms with Crippen LogP contribution in [0.3, 0.4) is 0 Å². The number of rotatable bonds is 5. The van der Waals surface area contributed by atoms with Gasteiger partial charge < -0.3 is 9.84 Å². The minimum atomic E-state index is -0.0369. The first-order valence-corrected chi connectivity index (χ1v) is 7.80. The lowest BCUT2D eigenvalue weighted by atomic mass is 10.0. The van der Waals surface area contributed by atoms with Crippen LogP contribution in [0.2, 0.25) is 0 Å². The molecule has 4 nitrogen and oxygen atoms in total. The highest BCUT2D eigenvalue weighted by Crippen LogP contribution is 2.18. The molecule has 3 aromatic rings. The van der Waals surface area contributed by atoms with Crippen LogP contribution < -0.4 is 5.32 Å². The second kappa shape index (κ2) is 6.65. The maximum atomic E-state index is 12.2. The smallest absolute Gasteiger partial charge is 0.226 e. The fourth-order valence-corrected chi connectivity index (χ4v) is 2.76. The Morgan fingerprint density at radius 1 is 1.17 bits per heavy atom. The summed E-state index contributed by atoms with van der Waals surface area (Å²) in [5.74, 6) is -0.0369. The van der Waals surface area contributed by atoms with Gasteiger partial charge in [0.1, 0.15) is 5.69 Å². The number of fused-ring (bicyclic) bond motifs is 1. The van der Waals surface area contributed by atoms with Gasteiger partial charge in [0.15, 0.2) is 5.58 Å². The molecular weight excluding hydrogens is 288 g/mol. The average Bonchev–Trinajstić information content (AvgIpc) is 2.93. The molecule has 0 saturated carbocycles. The molecule has 0 unspecified atom stereocenters. The zero-order chi connectivity index (χ0) is 16.2. The van der Waals surface area contributed by atoms with Crippen molar-refractivity contribution in [1.82, 2.24) is 10.5 Å². The largest absolute Gasteiger partial charge is 0.356 e. The van der Waals surface area contributed by atoms with Crippen LogP contribution in [-0.4, -0.2) is 17.1 Å². The van der Waals surface area contributed by atoms with Crippen LogP contribution in [0.15, 0.2) is 53.1 Å². The Morgan fingerprint density at radius 3 is 2.74 bits per heavy atom. The van der Waals surface area contributed by atoms with Gasteiger partial charge in [0.2, 0.25) is 5.91 Å². The Kier molecular flexibility index (Phi) is 4.42. The SMILES string of the molecule is Cc1ccccc1C[C@H](C)NC(=O)Cc1noc2ccccc12. The van der Waals surface area contributed by atoms with Gasteiger partial charge in [0.05, 0.1) is 6.42 Å². The van der Waals surface area contributed by atoms with E-state index in [0.29, 0.717) is 11.3 Å². The number of aromatic nitrogens is 1. The van der Waals surface area contributed by atoms with Crippen molar-refractivity contribution in [2.45, 2.75) is 32.7 Å². The molecule has 1 N–H and O–H groups in total. The van der Waals surface area contributed by atoms with E-state index in [9.17, 15) is 4.79 Å². The maximum absolute atomic E-state index is 12.2. The Balaban J connectivity index is 1.62. The van der Waals surface area contributed by atoms with E-state index >= 15 is 0 Å². The van der Waals surface area contributed by atoms with Gasteiger partial charge in [0, 0.05) is 11.4 Å². The van der Waals surface area contributed by atoms with E-state index in [1.165, 1.54) is 11.1 Å². The molecule has 0 spiro atoms. The lowest BCUT2D eigenvalue weighted by Crippen LogP contribution is -2.35. The van der Waals surface area contributed by atoms with E-state index in [0.717, 1.165) is 11.8 Å². The van der Waals surface area contributed by atoms with Crippen molar-refractivity contribution in [3.63, 3.8) is 0 Å². The summed E-state index contributed by atoms with van der Waals surface area (Å²) in [5.41, 5.74) is 3.90. The molecular formula is C19H20N2O2. The average molecular weight is 308 g/mol. The van der Waals surface area contributed by atoms with Crippen LogP contribution in [0, 0.1) is 6.92 Å². The lowest BCUT2D eigenvalue weighted by Gasteiger charge is -2.15. The van der Waals surface area contributed by atoms with E-state index in [-0.39, 0.29) is 18.4 Å². The molecule has 0 radical (unpaired) electrons. The van der Waals surface area contributed by atoms with Crippen molar-refractivity contribution in [2.75, 3.05) is 0 Å². The highest BCUT2D eigenvalue weighted by Gasteiger charge is 2.14. The molecule has 0 aliphatic rings. The minimum absolute atomic E-state index is 0.0369. The molecule has 0 bridgehead atoms. The number of para-hydroxylation sites is 1. The number of nitrogens with zero attached hydrogens (tertiary/aromatic N) is 1. The number of carbonyl (C=O) groups is 1. The number of nitrogens with one attached hydrogen (secondary N) is 1. The molecule has 0 saturated heterocycles. The van der Waals surface area contributed by atoms with E-state index in [4.69, 9.17) is 4.52 Å². The zero-order valence-corrected chi connectivity index (χ0v) is 13.4. The molecule has 0 aliphatic heterocycles. The van der Waals surface area contributed by atoms with E-state index < -0.39 is 0 Å². The predicted octanol–water partition coefficient (Wildman–Crippen LogP) is 3.43. The second-order valence-corrected chi connectivity index (χ2v) is 5.90. The van der Waals surface area contributed by atoms with Crippen molar-refractivity contribution in [2.24, 2.45) is 0 Å². The number of carbonyl (C=O) groups excluding carboxylic acids is 1. The third-order valence-corrected chi connectivity index (χ3v) is 3.97. The van der Waals surface area contributed by atoms with Gasteiger partial charge in [-0.25, -0.2) is 0 Å². The molecule has 1 aromatic heterocycles. The van der Waals surface area contributed by atoms with Crippen LogP contribution in [0.25, 0.3) is 11.0 Å². The lowest BCUT2D eigenvalue weighted by molar-refractivity contribution is -0.121. The maximum Gasteiger partial charge on any atom is 0.226 e. The molecule has 1 atom stereocenters.